The van der Waals surface area contributed by atoms with Crippen molar-refractivity contribution in [1.82, 2.24) is 5.32 Å². The quantitative estimate of drug-likeness (QED) is 0.469. The van der Waals surface area contributed by atoms with Gasteiger partial charge in [-0.1, -0.05) is 0 Å². The van der Waals surface area contributed by atoms with Gasteiger partial charge >= 0.3 is 0 Å². The zero-order chi connectivity index (χ0) is 7.02. The second-order valence-corrected chi connectivity index (χ2v) is 2.56. The molecule has 1 rings (SSSR count). The molecule has 0 aromatic carbocycles. The number of nitrogens with one attached hydrogen (secondary N) is 1. The smallest absolute Gasteiger partial charge is 0.228 e. The molecule has 0 spiro atoms. The molecule has 0 aromatic heterocycles. The summed E-state index contributed by atoms with van der Waals surface area (Å²) >= 11 is 0. The summed E-state index contributed by atoms with van der Waals surface area (Å²) in [6.07, 6.45) is -0.506. The SMILES string of the molecule is C[C@@H](O)C1C(=O)N[C@@H]1C. The van der Waals surface area contributed by atoms with Crippen molar-refractivity contribution in [1.29, 1.82) is 0 Å². The zero-order valence-electron chi connectivity index (χ0n) is 5.59. The molecule has 0 saturated carbocycles. The summed E-state index contributed by atoms with van der Waals surface area (Å²) in [5.74, 6) is -0.206. The van der Waals surface area contributed by atoms with Gasteiger partial charge in [0.25, 0.3) is 0 Å². The van der Waals surface area contributed by atoms with Crippen LogP contribution >= 0.6 is 0 Å². The third-order valence-corrected chi connectivity index (χ3v) is 1.73. The van der Waals surface area contributed by atoms with E-state index in [0.29, 0.717) is 0 Å². The van der Waals surface area contributed by atoms with E-state index >= 15 is 0 Å². The molecule has 3 nitrogen and oxygen atoms in total. The normalized spacial score (nSPS) is 37.0. The standard InChI is InChI=1S/C6H11NO2/c1-3-5(4(2)8)6(9)7-3/h3-5,8H,1-2H3,(H,7,9)/t3-,4-,5?/m1/s1. The highest BCUT2D eigenvalue weighted by Gasteiger charge is 2.38. The molecule has 1 aliphatic rings. The molecule has 0 aromatic rings. The van der Waals surface area contributed by atoms with E-state index in [-0.39, 0.29) is 17.9 Å². The largest absolute Gasteiger partial charge is 0.393 e. The molecule has 1 fully saturated rings. The molecule has 3 heteroatoms. The summed E-state index contributed by atoms with van der Waals surface area (Å²) in [6.45, 7) is 3.53. The second kappa shape index (κ2) is 1.99. The lowest BCUT2D eigenvalue weighted by Crippen LogP contribution is -2.60. The van der Waals surface area contributed by atoms with Crippen molar-refractivity contribution in [3.63, 3.8) is 0 Å². The third-order valence-electron chi connectivity index (χ3n) is 1.73. The van der Waals surface area contributed by atoms with Crippen molar-refractivity contribution in [3.8, 4) is 0 Å². The Morgan fingerprint density at radius 1 is 1.78 bits per heavy atom. The topological polar surface area (TPSA) is 49.3 Å². The van der Waals surface area contributed by atoms with Crippen LogP contribution in [0.2, 0.25) is 0 Å². The lowest BCUT2D eigenvalue weighted by atomic mass is 9.88. The van der Waals surface area contributed by atoms with Crippen molar-refractivity contribution >= 4 is 5.91 Å². The van der Waals surface area contributed by atoms with Gasteiger partial charge in [-0.15, -0.1) is 0 Å². The van der Waals surface area contributed by atoms with Gasteiger partial charge in [0.2, 0.25) is 5.91 Å². The van der Waals surface area contributed by atoms with E-state index < -0.39 is 6.10 Å². The summed E-state index contributed by atoms with van der Waals surface area (Å²) in [5, 5.41) is 11.6. The maximum Gasteiger partial charge on any atom is 0.228 e. The molecule has 1 amide bonds. The minimum absolute atomic E-state index is 0.0301. The fourth-order valence-corrected chi connectivity index (χ4v) is 1.18. The Bertz CT molecular complexity index is 128. The van der Waals surface area contributed by atoms with E-state index in [4.69, 9.17) is 5.11 Å². The number of rotatable bonds is 1. The predicted molar refractivity (Wildman–Crippen MR) is 32.8 cm³/mol. The number of carbonyl (C=O) groups excluding carboxylic acids is 1. The van der Waals surface area contributed by atoms with Gasteiger partial charge in [-0.25, -0.2) is 0 Å². The van der Waals surface area contributed by atoms with E-state index in [2.05, 4.69) is 5.32 Å². The first kappa shape index (κ1) is 6.55. The lowest BCUT2D eigenvalue weighted by Gasteiger charge is -2.35. The minimum atomic E-state index is -0.506. The van der Waals surface area contributed by atoms with Crippen molar-refractivity contribution in [2.75, 3.05) is 0 Å². The Hall–Kier alpha value is -0.570. The van der Waals surface area contributed by atoms with Crippen LogP contribution in [0.15, 0.2) is 0 Å². The molecule has 3 atom stereocenters. The van der Waals surface area contributed by atoms with Crippen LogP contribution in [-0.2, 0) is 4.79 Å². The van der Waals surface area contributed by atoms with Crippen molar-refractivity contribution in [3.05, 3.63) is 0 Å². The first-order valence-corrected chi connectivity index (χ1v) is 3.11. The fraction of sp³-hybridized carbons (Fsp3) is 0.833. The Balaban J connectivity index is 2.49. The van der Waals surface area contributed by atoms with E-state index in [9.17, 15) is 4.79 Å². The number of β-lactam (4-membered cyclic amide) rings is 1. The van der Waals surface area contributed by atoms with Crippen LogP contribution < -0.4 is 5.32 Å². The van der Waals surface area contributed by atoms with Crippen molar-refractivity contribution < 1.29 is 9.90 Å². The Morgan fingerprint density at radius 3 is 2.44 bits per heavy atom. The monoisotopic (exact) mass is 129 g/mol. The number of carbonyl (C=O) groups is 1. The van der Waals surface area contributed by atoms with Crippen LogP contribution in [0.4, 0.5) is 0 Å². The highest BCUT2D eigenvalue weighted by Crippen LogP contribution is 2.17. The van der Waals surface area contributed by atoms with Crippen LogP contribution in [0.1, 0.15) is 13.8 Å². The van der Waals surface area contributed by atoms with E-state index in [1.54, 1.807) is 6.92 Å². The minimum Gasteiger partial charge on any atom is -0.393 e. The molecular weight excluding hydrogens is 118 g/mol. The summed E-state index contributed by atoms with van der Waals surface area (Å²) in [7, 11) is 0. The van der Waals surface area contributed by atoms with Gasteiger partial charge in [-0.05, 0) is 13.8 Å². The zero-order valence-corrected chi connectivity index (χ0v) is 5.59. The molecule has 1 aliphatic heterocycles. The van der Waals surface area contributed by atoms with E-state index in [1.165, 1.54) is 0 Å². The van der Waals surface area contributed by atoms with Gasteiger partial charge < -0.3 is 10.4 Å². The molecule has 1 saturated heterocycles. The lowest BCUT2D eigenvalue weighted by molar-refractivity contribution is -0.139. The third kappa shape index (κ3) is 0.920. The van der Waals surface area contributed by atoms with E-state index in [1.807, 2.05) is 6.92 Å². The summed E-state index contributed by atoms with van der Waals surface area (Å²) in [4.78, 5) is 10.6. The van der Waals surface area contributed by atoms with Crippen molar-refractivity contribution in [2.45, 2.75) is 26.0 Å². The van der Waals surface area contributed by atoms with Crippen LogP contribution in [0, 0.1) is 5.92 Å². The summed E-state index contributed by atoms with van der Waals surface area (Å²) in [6, 6.07) is 0.150. The maximum atomic E-state index is 10.6. The first-order chi connectivity index (χ1) is 4.13. The molecular formula is C6H11NO2. The molecule has 1 heterocycles. The number of amides is 1. The Morgan fingerprint density at radius 2 is 2.33 bits per heavy atom. The highest BCUT2D eigenvalue weighted by atomic mass is 16.3. The first-order valence-electron chi connectivity index (χ1n) is 3.11. The molecule has 2 N–H and O–H groups in total. The van der Waals surface area contributed by atoms with Crippen molar-refractivity contribution in [2.24, 2.45) is 5.92 Å². The Labute approximate surface area is 54.1 Å². The van der Waals surface area contributed by atoms with Crippen LogP contribution in [0.25, 0.3) is 0 Å². The summed E-state index contributed by atoms with van der Waals surface area (Å²) in [5.41, 5.74) is 0. The average molecular weight is 129 g/mol. The molecule has 0 bridgehead atoms. The summed E-state index contributed by atoms with van der Waals surface area (Å²) < 4.78 is 0. The van der Waals surface area contributed by atoms with Crippen LogP contribution in [0.5, 0.6) is 0 Å². The van der Waals surface area contributed by atoms with Gasteiger partial charge in [0.05, 0.1) is 12.0 Å². The highest BCUT2D eigenvalue weighted by molar-refractivity contribution is 5.86. The van der Waals surface area contributed by atoms with Crippen LogP contribution in [0.3, 0.4) is 0 Å². The molecule has 1 unspecified atom stereocenters. The molecule has 0 radical (unpaired) electrons. The maximum absolute atomic E-state index is 10.6. The number of hydrogen-bond donors (Lipinski definition) is 2. The number of aliphatic hydroxyl groups excluding tert-OH is 1. The molecule has 52 valence electrons. The van der Waals surface area contributed by atoms with Gasteiger partial charge in [0.1, 0.15) is 0 Å². The number of aliphatic hydroxyl groups is 1. The van der Waals surface area contributed by atoms with Gasteiger partial charge in [-0.2, -0.15) is 0 Å². The molecule has 9 heavy (non-hydrogen) atoms. The predicted octanol–water partition coefficient (Wildman–Crippen LogP) is -0.498. The second-order valence-electron chi connectivity index (χ2n) is 2.56. The molecule has 0 aliphatic carbocycles. The van der Waals surface area contributed by atoms with Gasteiger partial charge in [0, 0.05) is 6.04 Å². The number of hydrogen-bond acceptors (Lipinski definition) is 2. The fourth-order valence-electron chi connectivity index (χ4n) is 1.18. The average Bonchev–Trinajstić information content (AvgIpc) is 1.62. The van der Waals surface area contributed by atoms with Gasteiger partial charge in [0.15, 0.2) is 0 Å². The Kier molecular flexibility index (Phi) is 1.45. The van der Waals surface area contributed by atoms with E-state index in [0.717, 1.165) is 0 Å². The van der Waals surface area contributed by atoms with Crippen LogP contribution in [-0.4, -0.2) is 23.2 Å². The van der Waals surface area contributed by atoms with Gasteiger partial charge in [-0.3, -0.25) is 4.79 Å².